The molecule has 0 radical (unpaired) electrons. The molecule has 0 spiro atoms. The highest BCUT2D eigenvalue weighted by molar-refractivity contribution is 7.10. The molecule has 2 N–H and O–H groups in total. The van der Waals surface area contributed by atoms with E-state index in [2.05, 4.69) is 77.2 Å². The SMILES string of the molecule is CCn1c(-c2cc(CC3CN(C4CC4)C3)cnc2[C@H](C)OC)c2c3cc(ccc31)-c1csc(n1)C[C@H](NC(=O)[C@H](C(C)C)N(C)C(=O)N1CCC[C@@H]1c1cccnc1)C(=O)N1CCC[C@H](N1)C(=O)OCC(C)(C)C2. The Hall–Kier alpha value is -5.75. The van der Waals surface area contributed by atoms with Gasteiger partial charge < -0.3 is 29.2 Å². The molecular formula is C57H74N10O6S. The molecule has 5 aromatic rings. The van der Waals surface area contributed by atoms with E-state index in [1.807, 2.05) is 42.5 Å². The minimum absolute atomic E-state index is 0.0987. The summed E-state index contributed by atoms with van der Waals surface area (Å²) >= 11 is 1.44. The van der Waals surface area contributed by atoms with E-state index in [1.165, 1.54) is 39.7 Å². The van der Waals surface area contributed by atoms with E-state index in [0.29, 0.717) is 49.8 Å². The van der Waals surface area contributed by atoms with Crippen molar-refractivity contribution < 1.29 is 28.7 Å². The number of nitrogens with one attached hydrogen (secondary N) is 2. The minimum atomic E-state index is -1.06. The molecule has 74 heavy (non-hydrogen) atoms. The Morgan fingerprint density at radius 3 is 2.57 bits per heavy atom. The normalized spacial score (nSPS) is 22.6. The van der Waals surface area contributed by atoms with Crippen molar-refractivity contribution in [1.29, 1.82) is 0 Å². The average Bonchev–Trinajstić information content (AvgIpc) is 3.75. The number of rotatable bonds is 12. The minimum Gasteiger partial charge on any atom is -0.464 e. The van der Waals surface area contributed by atoms with E-state index >= 15 is 0 Å². The van der Waals surface area contributed by atoms with Crippen molar-refractivity contribution in [3.63, 3.8) is 0 Å². The first-order chi connectivity index (χ1) is 35.6. The molecule has 0 unspecified atom stereocenters. The highest BCUT2D eigenvalue weighted by atomic mass is 32.1. The van der Waals surface area contributed by atoms with Crippen LogP contribution in [0.5, 0.6) is 0 Å². The number of benzene rings is 1. The molecule has 3 saturated heterocycles. The number of fused-ring (bicyclic) bond motifs is 6. The van der Waals surface area contributed by atoms with Gasteiger partial charge in [0, 0.05) is 111 Å². The van der Waals surface area contributed by atoms with Crippen molar-refractivity contribution in [3.8, 4) is 22.5 Å². The van der Waals surface area contributed by atoms with Crippen LogP contribution >= 0.6 is 11.3 Å². The number of hydrazine groups is 1. The predicted molar refractivity (Wildman–Crippen MR) is 286 cm³/mol. The standard InChI is InChI=1S/C57H74N10O6S/c1-9-65-48-19-16-38-25-41(48)43(52(65)42-24-36(28-59-50(42)35(4)72-8)23-37-30-64(31-37)40-17-18-40)27-57(5,6)33-73-55(70)44-14-11-22-67(62-44)54(69)45(26-49-60-46(38)32-74-49)61-53(68)51(34(2)3)63(7)56(71)66-21-12-15-47(66)39-13-10-20-58-29-39/h10,13,16,19-20,24-25,28-29,32,34-35,37,40,44-45,47,51,62H,9,11-12,14-15,17-18,21-23,26-27,30-31,33H2,1-8H3,(H,61,68)/t35-,44-,45-,47+,51-/m0/s1. The Kier molecular flexibility index (Phi) is 15.0. The van der Waals surface area contributed by atoms with E-state index in [0.717, 1.165) is 88.6 Å². The number of pyridine rings is 2. The molecule has 4 aromatic heterocycles. The molecule has 6 bridgehead atoms. The van der Waals surface area contributed by atoms with Gasteiger partial charge in [0.1, 0.15) is 18.1 Å². The van der Waals surface area contributed by atoms with Crippen LogP contribution < -0.4 is 10.7 Å². The molecule has 394 valence electrons. The number of amides is 4. The lowest BCUT2D eigenvalue weighted by Gasteiger charge is -2.39. The summed E-state index contributed by atoms with van der Waals surface area (Å²) in [4.78, 5) is 78.6. The Morgan fingerprint density at radius 2 is 1.84 bits per heavy atom. The number of carbonyl (C=O) groups is 4. The van der Waals surface area contributed by atoms with Crippen LogP contribution in [0.4, 0.5) is 4.79 Å². The van der Waals surface area contributed by atoms with E-state index in [9.17, 15) is 19.2 Å². The zero-order chi connectivity index (χ0) is 52.0. The van der Waals surface area contributed by atoms with Crippen molar-refractivity contribution in [3.05, 3.63) is 87.8 Å². The third-order valence-corrected chi connectivity index (χ3v) is 16.9. The Balaban J connectivity index is 1.00. The third kappa shape index (κ3) is 10.6. The second-order valence-corrected chi connectivity index (χ2v) is 23.5. The molecule has 1 aromatic carbocycles. The van der Waals surface area contributed by atoms with E-state index in [1.54, 1.807) is 26.6 Å². The molecule has 4 fully saturated rings. The monoisotopic (exact) mass is 1030 g/mol. The summed E-state index contributed by atoms with van der Waals surface area (Å²) in [7, 11) is 3.40. The summed E-state index contributed by atoms with van der Waals surface area (Å²) in [5, 5.41) is 8.32. The lowest BCUT2D eigenvalue weighted by molar-refractivity contribution is -0.155. The molecule has 17 heteroatoms. The number of cyclic esters (lactones) is 1. The van der Waals surface area contributed by atoms with Gasteiger partial charge in [0.15, 0.2) is 0 Å². The van der Waals surface area contributed by atoms with Gasteiger partial charge in [-0.05, 0) is 118 Å². The molecular weight excluding hydrogens is 953 g/mol. The van der Waals surface area contributed by atoms with Crippen molar-refractivity contribution >= 4 is 46.1 Å². The van der Waals surface area contributed by atoms with E-state index in [-0.39, 0.29) is 37.1 Å². The number of urea groups is 1. The fourth-order valence-electron chi connectivity index (χ4n) is 12.0. The Bertz CT molecular complexity index is 2870. The van der Waals surface area contributed by atoms with Crippen LogP contribution in [0.3, 0.4) is 0 Å². The van der Waals surface area contributed by atoms with Crippen LogP contribution in [-0.2, 0) is 49.7 Å². The lowest BCUT2D eigenvalue weighted by Crippen LogP contribution is -2.62. The summed E-state index contributed by atoms with van der Waals surface area (Å²) in [6, 6.07) is 10.4. The Morgan fingerprint density at radius 1 is 1.04 bits per heavy atom. The first-order valence-corrected chi connectivity index (χ1v) is 27.8. The summed E-state index contributed by atoms with van der Waals surface area (Å²) in [5.74, 6) is -0.958. The van der Waals surface area contributed by atoms with Crippen LogP contribution in [0, 0.1) is 17.3 Å². The molecule has 8 heterocycles. The first-order valence-electron chi connectivity index (χ1n) is 26.9. The Labute approximate surface area is 439 Å². The maximum Gasteiger partial charge on any atom is 0.324 e. The van der Waals surface area contributed by atoms with Gasteiger partial charge in [-0.25, -0.2) is 15.2 Å². The second kappa shape index (κ2) is 21.5. The van der Waals surface area contributed by atoms with Gasteiger partial charge in [-0.3, -0.25) is 34.3 Å². The molecule has 1 aliphatic carbocycles. The third-order valence-electron chi connectivity index (χ3n) is 16.1. The number of hydrogen-bond acceptors (Lipinski definition) is 12. The largest absolute Gasteiger partial charge is 0.464 e. The molecule has 16 nitrogen and oxygen atoms in total. The number of ether oxygens (including phenoxy) is 2. The first kappa shape index (κ1) is 51.7. The summed E-state index contributed by atoms with van der Waals surface area (Å²) in [6.45, 7) is 16.4. The van der Waals surface area contributed by atoms with Crippen LogP contribution in [0.15, 0.2) is 60.4 Å². The fourth-order valence-corrected chi connectivity index (χ4v) is 12.8. The van der Waals surface area contributed by atoms with Gasteiger partial charge in [0.05, 0.1) is 40.8 Å². The number of aryl methyl sites for hydroxylation is 1. The number of likely N-dealkylation sites (N-methyl/N-ethyl adjacent to an activating group) is 1. The highest BCUT2D eigenvalue weighted by Gasteiger charge is 2.41. The van der Waals surface area contributed by atoms with Gasteiger partial charge >= 0.3 is 12.0 Å². The van der Waals surface area contributed by atoms with Gasteiger partial charge in [0.25, 0.3) is 5.91 Å². The maximum atomic E-state index is 14.8. The number of aromatic nitrogens is 4. The van der Waals surface area contributed by atoms with Crippen LogP contribution in [-0.4, -0.2) is 134 Å². The van der Waals surface area contributed by atoms with Crippen LogP contribution in [0.2, 0.25) is 0 Å². The number of methoxy groups -OCH3 is 1. The lowest BCUT2D eigenvalue weighted by atomic mass is 9.83. The van der Waals surface area contributed by atoms with Crippen molar-refractivity contribution in [2.45, 2.75) is 142 Å². The number of nitrogens with zero attached hydrogens (tertiary/aromatic N) is 8. The zero-order valence-electron chi connectivity index (χ0n) is 44.4. The van der Waals surface area contributed by atoms with Crippen molar-refractivity contribution in [2.24, 2.45) is 17.3 Å². The number of likely N-dealkylation sites (tertiary alicyclic amines) is 2. The van der Waals surface area contributed by atoms with Gasteiger partial charge in [0.2, 0.25) is 5.91 Å². The molecule has 10 rings (SSSR count). The number of hydrogen-bond donors (Lipinski definition) is 2. The average molecular weight is 1030 g/mol. The molecule has 4 aliphatic heterocycles. The van der Waals surface area contributed by atoms with Gasteiger partial charge in [-0.15, -0.1) is 11.3 Å². The van der Waals surface area contributed by atoms with Gasteiger partial charge in [-0.2, -0.15) is 0 Å². The predicted octanol–water partition coefficient (Wildman–Crippen LogP) is 8.15. The van der Waals surface area contributed by atoms with Crippen LogP contribution in [0.1, 0.15) is 120 Å². The molecule has 5 atom stereocenters. The smallest absolute Gasteiger partial charge is 0.324 e. The summed E-state index contributed by atoms with van der Waals surface area (Å²) in [5.41, 5.74) is 11.8. The fraction of sp³-hybridized carbons (Fsp3) is 0.561. The maximum absolute atomic E-state index is 14.8. The summed E-state index contributed by atoms with van der Waals surface area (Å²) in [6.07, 6.45) is 12.3. The quantitative estimate of drug-likeness (QED) is 0.116. The molecule has 5 aliphatic rings. The molecule has 1 saturated carbocycles. The molecule has 4 amide bonds. The van der Waals surface area contributed by atoms with Crippen molar-refractivity contribution in [1.82, 2.24) is 50.0 Å². The summed E-state index contributed by atoms with van der Waals surface area (Å²) < 4.78 is 14.6. The second-order valence-electron chi connectivity index (χ2n) is 22.6. The van der Waals surface area contributed by atoms with Gasteiger partial charge in [-0.1, -0.05) is 39.8 Å². The van der Waals surface area contributed by atoms with Crippen molar-refractivity contribution in [2.75, 3.05) is 46.9 Å². The van der Waals surface area contributed by atoms with E-state index < -0.39 is 41.3 Å². The number of carbonyl (C=O) groups excluding carboxylic acids is 4. The number of esters is 1. The highest BCUT2D eigenvalue weighted by Crippen LogP contribution is 2.43. The van der Waals surface area contributed by atoms with Crippen LogP contribution in [0.25, 0.3) is 33.4 Å². The van der Waals surface area contributed by atoms with E-state index in [4.69, 9.17) is 19.4 Å². The number of thiazole rings is 1. The zero-order valence-corrected chi connectivity index (χ0v) is 45.3. The topological polar surface area (TPSA) is 167 Å².